The molecular weight excluding hydrogens is 182 g/mol. The molecule has 1 nitrogen and oxygen atoms in total. The zero-order chi connectivity index (χ0) is 11.0. The molecule has 0 aromatic rings. The van der Waals surface area contributed by atoms with Crippen molar-refractivity contribution >= 4 is 0 Å². The second kappa shape index (κ2) is 4.45. The number of nitrogens with zero attached hydrogens (tertiary/aromatic N) is 1. The van der Waals surface area contributed by atoms with Crippen molar-refractivity contribution in [1.82, 2.24) is 4.90 Å². The third-order valence-electron chi connectivity index (χ3n) is 4.60. The predicted octanol–water partition coefficient (Wildman–Crippen LogP) is 3.40. The van der Waals surface area contributed by atoms with E-state index in [0.717, 1.165) is 29.7 Å². The van der Waals surface area contributed by atoms with E-state index in [2.05, 4.69) is 32.6 Å². The molecule has 1 aliphatic carbocycles. The van der Waals surface area contributed by atoms with Gasteiger partial charge in [0.25, 0.3) is 0 Å². The van der Waals surface area contributed by atoms with Crippen LogP contribution in [0.4, 0.5) is 0 Å². The minimum atomic E-state index is 0.769. The van der Waals surface area contributed by atoms with Gasteiger partial charge in [-0.3, -0.25) is 0 Å². The molecule has 1 saturated heterocycles. The van der Waals surface area contributed by atoms with Crippen LogP contribution >= 0.6 is 0 Å². The van der Waals surface area contributed by atoms with Gasteiger partial charge in [-0.05, 0) is 56.8 Å². The van der Waals surface area contributed by atoms with Gasteiger partial charge < -0.3 is 4.90 Å². The van der Waals surface area contributed by atoms with Crippen molar-refractivity contribution < 1.29 is 0 Å². The fourth-order valence-corrected chi connectivity index (χ4v) is 3.18. The molecule has 1 aliphatic heterocycles. The molecule has 0 radical (unpaired) electrons. The van der Waals surface area contributed by atoms with Crippen molar-refractivity contribution in [3.05, 3.63) is 0 Å². The first-order valence-corrected chi connectivity index (χ1v) is 6.80. The van der Waals surface area contributed by atoms with Crippen LogP contribution in [0, 0.1) is 23.7 Å². The molecule has 0 unspecified atom stereocenters. The first kappa shape index (κ1) is 11.4. The van der Waals surface area contributed by atoms with E-state index in [-0.39, 0.29) is 0 Å². The molecule has 0 atom stereocenters. The van der Waals surface area contributed by atoms with Crippen molar-refractivity contribution in [3.8, 4) is 0 Å². The maximum atomic E-state index is 2.60. The molecule has 1 saturated carbocycles. The standard InChI is InChI=1S/C14H27N/c1-10(2)14-6-12(7-14)5-13-8-15(9-13)11(3)4/h10-14H,5-9H2,1-4H3. The fourth-order valence-electron chi connectivity index (χ4n) is 3.18. The van der Waals surface area contributed by atoms with Gasteiger partial charge in [0, 0.05) is 19.1 Å². The van der Waals surface area contributed by atoms with Gasteiger partial charge in [0.2, 0.25) is 0 Å². The Morgan fingerprint density at radius 2 is 1.60 bits per heavy atom. The number of rotatable bonds is 4. The van der Waals surface area contributed by atoms with Gasteiger partial charge in [-0.1, -0.05) is 13.8 Å². The normalized spacial score (nSPS) is 33.2. The van der Waals surface area contributed by atoms with E-state index in [9.17, 15) is 0 Å². The Morgan fingerprint density at radius 3 is 2.07 bits per heavy atom. The SMILES string of the molecule is CC(C)C1CC(CC2CN(C(C)C)C2)C1. The summed E-state index contributed by atoms with van der Waals surface area (Å²) in [5.74, 6) is 4.09. The van der Waals surface area contributed by atoms with Gasteiger partial charge in [0.15, 0.2) is 0 Å². The average molecular weight is 209 g/mol. The first-order chi connectivity index (χ1) is 7.06. The van der Waals surface area contributed by atoms with Crippen LogP contribution in [-0.2, 0) is 0 Å². The quantitative estimate of drug-likeness (QED) is 0.686. The van der Waals surface area contributed by atoms with Crippen molar-refractivity contribution in [1.29, 1.82) is 0 Å². The Bertz CT molecular complexity index is 175. The molecule has 0 N–H and O–H groups in total. The smallest absolute Gasteiger partial charge is 0.00388 e. The van der Waals surface area contributed by atoms with Crippen molar-refractivity contribution in [2.24, 2.45) is 23.7 Å². The zero-order valence-electron chi connectivity index (χ0n) is 10.9. The Kier molecular flexibility index (Phi) is 3.39. The predicted molar refractivity (Wildman–Crippen MR) is 65.9 cm³/mol. The van der Waals surface area contributed by atoms with Crippen LogP contribution < -0.4 is 0 Å². The van der Waals surface area contributed by atoms with E-state index in [1.165, 1.54) is 32.4 Å². The highest BCUT2D eigenvalue weighted by molar-refractivity contribution is 4.88. The van der Waals surface area contributed by atoms with Crippen LogP contribution in [0.2, 0.25) is 0 Å². The highest BCUT2D eigenvalue weighted by Crippen LogP contribution is 2.43. The van der Waals surface area contributed by atoms with Crippen LogP contribution in [0.1, 0.15) is 47.0 Å². The number of likely N-dealkylation sites (tertiary alicyclic amines) is 1. The third-order valence-corrected chi connectivity index (χ3v) is 4.60. The molecule has 2 aliphatic rings. The molecule has 0 aromatic carbocycles. The second-order valence-corrected chi connectivity index (χ2v) is 6.49. The largest absolute Gasteiger partial charge is 0.300 e. The van der Waals surface area contributed by atoms with Crippen LogP contribution in [-0.4, -0.2) is 24.0 Å². The van der Waals surface area contributed by atoms with Gasteiger partial charge in [-0.15, -0.1) is 0 Å². The molecule has 1 heterocycles. The van der Waals surface area contributed by atoms with Crippen LogP contribution in [0.3, 0.4) is 0 Å². The zero-order valence-corrected chi connectivity index (χ0v) is 10.9. The van der Waals surface area contributed by atoms with Crippen LogP contribution in [0.15, 0.2) is 0 Å². The molecule has 0 amide bonds. The monoisotopic (exact) mass is 209 g/mol. The van der Waals surface area contributed by atoms with Gasteiger partial charge in [0.1, 0.15) is 0 Å². The average Bonchev–Trinajstić information content (AvgIpc) is 1.95. The Balaban J connectivity index is 1.58. The lowest BCUT2D eigenvalue weighted by molar-refractivity contribution is 0.0256. The Hall–Kier alpha value is -0.0400. The highest BCUT2D eigenvalue weighted by Gasteiger charge is 2.36. The van der Waals surface area contributed by atoms with Gasteiger partial charge in [-0.2, -0.15) is 0 Å². The summed E-state index contributed by atoms with van der Waals surface area (Å²) in [5.41, 5.74) is 0. The van der Waals surface area contributed by atoms with Gasteiger partial charge >= 0.3 is 0 Å². The summed E-state index contributed by atoms with van der Waals surface area (Å²) < 4.78 is 0. The minimum Gasteiger partial charge on any atom is -0.300 e. The molecule has 0 bridgehead atoms. The summed E-state index contributed by atoms with van der Waals surface area (Å²) in [6.45, 7) is 12.1. The summed E-state index contributed by atoms with van der Waals surface area (Å²) in [7, 11) is 0. The van der Waals surface area contributed by atoms with Crippen molar-refractivity contribution in [2.45, 2.75) is 53.0 Å². The maximum Gasteiger partial charge on any atom is 0.00388 e. The molecule has 2 fully saturated rings. The second-order valence-electron chi connectivity index (χ2n) is 6.49. The van der Waals surface area contributed by atoms with E-state index >= 15 is 0 Å². The van der Waals surface area contributed by atoms with E-state index in [1.54, 1.807) is 0 Å². The summed E-state index contributed by atoms with van der Waals surface area (Å²) in [6, 6.07) is 0.769. The highest BCUT2D eigenvalue weighted by atomic mass is 15.2. The number of hydrogen-bond acceptors (Lipinski definition) is 1. The van der Waals surface area contributed by atoms with E-state index in [0.29, 0.717) is 0 Å². The lowest BCUT2D eigenvalue weighted by Crippen LogP contribution is -2.51. The Labute approximate surface area is 95.2 Å². The lowest BCUT2D eigenvalue weighted by atomic mass is 9.66. The van der Waals surface area contributed by atoms with E-state index in [1.807, 2.05) is 0 Å². The molecule has 1 heteroatoms. The summed E-state index contributed by atoms with van der Waals surface area (Å²) >= 11 is 0. The summed E-state index contributed by atoms with van der Waals surface area (Å²) in [5, 5.41) is 0. The maximum absolute atomic E-state index is 2.60. The molecular formula is C14H27N. The fraction of sp³-hybridized carbons (Fsp3) is 1.00. The molecule has 0 aromatic heterocycles. The lowest BCUT2D eigenvalue weighted by Gasteiger charge is -2.47. The van der Waals surface area contributed by atoms with E-state index < -0.39 is 0 Å². The van der Waals surface area contributed by atoms with Gasteiger partial charge in [0.05, 0.1) is 0 Å². The van der Waals surface area contributed by atoms with E-state index in [4.69, 9.17) is 0 Å². The minimum absolute atomic E-state index is 0.769. The van der Waals surface area contributed by atoms with Gasteiger partial charge in [-0.25, -0.2) is 0 Å². The topological polar surface area (TPSA) is 3.24 Å². The van der Waals surface area contributed by atoms with Crippen molar-refractivity contribution in [3.63, 3.8) is 0 Å². The molecule has 2 rings (SSSR count). The van der Waals surface area contributed by atoms with Crippen molar-refractivity contribution in [2.75, 3.05) is 13.1 Å². The molecule has 88 valence electrons. The van der Waals surface area contributed by atoms with Crippen LogP contribution in [0.5, 0.6) is 0 Å². The summed E-state index contributed by atoms with van der Waals surface area (Å²) in [4.78, 5) is 2.60. The molecule has 15 heavy (non-hydrogen) atoms. The molecule has 0 spiro atoms. The Morgan fingerprint density at radius 1 is 1.00 bits per heavy atom. The van der Waals surface area contributed by atoms with Crippen LogP contribution in [0.25, 0.3) is 0 Å². The summed E-state index contributed by atoms with van der Waals surface area (Å²) in [6.07, 6.45) is 4.57. The number of hydrogen-bond donors (Lipinski definition) is 0. The third kappa shape index (κ3) is 2.55. The first-order valence-electron chi connectivity index (χ1n) is 6.80.